The average Bonchev–Trinajstić information content (AvgIpc) is 3.02. The Kier molecular flexibility index (Phi) is 2.68. The highest BCUT2D eigenvalue weighted by molar-refractivity contribution is 5.88. The zero-order valence-corrected chi connectivity index (χ0v) is 9.25. The van der Waals surface area contributed by atoms with E-state index < -0.39 is 5.41 Å². The van der Waals surface area contributed by atoms with Crippen LogP contribution in [0, 0.1) is 22.7 Å². The molecule has 0 aromatic carbocycles. The Morgan fingerprint density at radius 2 is 1.93 bits per heavy atom. The van der Waals surface area contributed by atoms with Crippen molar-refractivity contribution in [3.05, 3.63) is 0 Å². The van der Waals surface area contributed by atoms with E-state index in [4.69, 9.17) is 5.26 Å². The lowest BCUT2D eigenvalue weighted by Crippen LogP contribution is -2.41. The van der Waals surface area contributed by atoms with Gasteiger partial charge in [-0.15, -0.1) is 0 Å². The van der Waals surface area contributed by atoms with Crippen LogP contribution < -0.4 is 5.32 Å². The summed E-state index contributed by atoms with van der Waals surface area (Å²) in [5.41, 5.74) is -0.650. The van der Waals surface area contributed by atoms with E-state index in [0.717, 1.165) is 31.6 Å². The van der Waals surface area contributed by atoms with Crippen LogP contribution in [0.1, 0.15) is 45.4 Å². The molecule has 0 aromatic heterocycles. The molecular formula is C12H18N2O. The molecule has 0 bridgehead atoms. The van der Waals surface area contributed by atoms with Crippen molar-refractivity contribution in [2.45, 2.75) is 51.5 Å². The van der Waals surface area contributed by atoms with Crippen molar-refractivity contribution in [3.63, 3.8) is 0 Å². The van der Waals surface area contributed by atoms with Crippen molar-refractivity contribution in [3.8, 4) is 6.07 Å². The Labute approximate surface area is 90.8 Å². The largest absolute Gasteiger partial charge is 0.352 e. The maximum absolute atomic E-state index is 11.8. The van der Waals surface area contributed by atoms with Crippen LogP contribution in [-0.4, -0.2) is 11.9 Å². The molecule has 3 heteroatoms. The summed E-state index contributed by atoms with van der Waals surface area (Å²) in [5, 5.41) is 11.9. The zero-order valence-electron chi connectivity index (χ0n) is 9.25. The van der Waals surface area contributed by atoms with Gasteiger partial charge in [-0.1, -0.05) is 6.92 Å². The van der Waals surface area contributed by atoms with Crippen molar-refractivity contribution in [2.75, 3.05) is 0 Å². The number of carbonyl (C=O) groups is 1. The molecule has 0 heterocycles. The lowest BCUT2D eigenvalue weighted by molar-refractivity contribution is -0.125. The molecule has 0 aromatic rings. The first-order valence-corrected chi connectivity index (χ1v) is 5.88. The van der Waals surface area contributed by atoms with Gasteiger partial charge in [0, 0.05) is 6.04 Å². The second-order valence-corrected chi connectivity index (χ2v) is 5.12. The third-order valence-electron chi connectivity index (χ3n) is 3.75. The number of nitriles is 1. The summed E-state index contributed by atoms with van der Waals surface area (Å²) < 4.78 is 0. The van der Waals surface area contributed by atoms with Crippen LogP contribution in [-0.2, 0) is 4.79 Å². The predicted octanol–water partition coefficient (Wildman–Crippen LogP) is 1.99. The topological polar surface area (TPSA) is 52.9 Å². The van der Waals surface area contributed by atoms with Gasteiger partial charge in [0.25, 0.3) is 0 Å². The number of nitrogens with zero attached hydrogens (tertiary/aromatic N) is 1. The van der Waals surface area contributed by atoms with Crippen LogP contribution in [0.15, 0.2) is 0 Å². The fourth-order valence-corrected chi connectivity index (χ4v) is 2.24. The molecule has 2 saturated carbocycles. The summed E-state index contributed by atoms with van der Waals surface area (Å²) in [6.07, 6.45) is 6.05. The number of rotatable bonds is 2. The molecule has 82 valence electrons. The Morgan fingerprint density at radius 3 is 2.40 bits per heavy atom. The molecule has 0 unspecified atom stereocenters. The van der Waals surface area contributed by atoms with Crippen LogP contribution in [0.3, 0.4) is 0 Å². The van der Waals surface area contributed by atoms with Crippen molar-refractivity contribution >= 4 is 5.91 Å². The molecular weight excluding hydrogens is 188 g/mol. The summed E-state index contributed by atoms with van der Waals surface area (Å²) in [4.78, 5) is 11.8. The van der Waals surface area contributed by atoms with E-state index in [1.165, 1.54) is 12.8 Å². The Balaban J connectivity index is 1.83. The molecule has 2 aliphatic carbocycles. The van der Waals surface area contributed by atoms with Gasteiger partial charge in [-0.2, -0.15) is 5.26 Å². The number of amides is 1. The summed E-state index contributed by atoms with van der Waals surface area (Å²) in [6, 6.07) is 2.46. The molecule has 0 spiro atoms. The third-order valence-corrected chi connectivity index (χ3v) is 3.75. The van der Waals surface area contributed by atoms with E-state index in [0.29, 0.717) is 6.04 Å². The van der Waals surface area contributed by atoms with Gasteiger partial charge in [0.05, 0.1) is 6.07 Å². The lowest BCUT2D eigenvalue weighted by atomic mass is 9.87. The molecule has 1 amide bonds. The van der Waals surface area contributed by atoms with E-state index in [-0.39, 0.29) is 5.91 Å². The van der Waals surface area contributed by atoms with Crippen LogP contribution >= 0.6 is 0 Å². The van der Waals surface area contributed by atoms with Gasteiger partial charge in [-0.25, -0.2) is 0 Å². The molecule has 0 atom stereocenters. The van der Waals surface area contributed by atoms with E-state index in [2.05, 4.69) is 18.3 Å². The standard InChI is InChI=1S/C12H18N2O/c1-9-2-4-10(5-3-9)14-11(15)12(8-13)6-7-12/h9-10H,2-7H2,1H3,(H,14,15). The lowest BCUT2D eigenvalue weighted by Gasteiger charge is -2.27. The minimum atomic E-state index is -0.650. The second-order valence-electron chi connectivity index (χ2n) is 5.12. The molecule has 0 saturated heterocycles. The highest BCUT2D eigenvalue weighted by Gasteiger charge is 2.51. The molecule has 2 rings (SSSR count). The number of carbonyl (C=O) groups excluding carboxylic acids is 1. The van der Waals surface area contributed by atoms with Crippen molar-refractivity contribution in [2.24, 2.45) is 11.3 Å². The zero-order chi connectivity index (χ0) is 10.9. The summed E-state index contributed by atoms with van der Waals surface area (Å²) in [6.45, 7) is 2.26. The average molecular weight is 206 g/mol. The van der Waals surface area contributed by atoms with Crippen molar-refractivity contribution < 1.29 is 4.79 Å². The van der Waals surface area contributed by atoms with Gasteiger partial charge >= 0.3 is 0 Å². The molecule has 2 aliphatic rings. The summed E-state index contributed by atoms with van der Waals surface area (Å²) in [5.74, 6) is 0.772. The highest BCUT2D eigenvalue weighted by Crippen LogP contribution is 2.45. The molecule has 3 nitrogen and oxygen atoms in total. The fraction of sp³-hybridized carbons (Fsp3) is 0.833. The van der Waals surface area contributed by atoms with E-state index in [1.54, 1.807) is 0 Å². The number of hydrogen-bond donors (Lipinski definition) is 1. The maximum atomic E-state index is 11.8. The smallest absolute Gasteiger partial charge is 0.240 e. The van der Waals surface area contributed by atoms with Crippen LogP contribution in [0.2, 0.25) is 0 Å². The number of nitrogens with one attached hydrogen (secondary N) is 1. The minimum absolute atomic E-state index is 0.0236. The van der Waals surface area contributed by atoms with Gasteiger partial charge in [-0.05, 0) is 44.4 Å². The normalized spacial score (nSPS) is 32.8. The van der Waals surface area contributed by atoms with E-state index in [1.807, 2.05) is 0 Å². The Hall–Kier alpha value is -1.04. The van der Waals surface area contributed by atoms with Crippen LogP contribution in [0.4, 0.5) is 0 Å². The van der Waals surface area contributed by atoms with Gasteiger partial charge in [0.15, 0.2) is 0 Å². The van der Waals surface area contributed by atoms with Gasteiger partial charge < -0.3 is 5.32 Å². The SMILES string of the molecule is CC1CCC(NC(=O)C2(C#N)CC2)CC1. The fourth-order valence-electron chi connectivity index (χ4n) is 2.24. The number of hydrogen-bond acceptors (Lipinski definition) is 2. The second kappa shape index (κ2) is 3.84. The van der Waals surface area contributed by atoms with Gasteiger partial charge in [0.2, 0.25) is 5.91 Å². The van der Waals surface area contributed by atoms with Crippen molar-refractivity contribution in [1.29, 1.82) is 5.26 Å². The van der Waals surface area contributed by atoms with E-state index >= 15 is 0 Å². The third kappa shape index (κ3) is 2.14. The van der Waals surface area contributed by atoms with Crippen LogP contribution in [0.25, 0.3) is 0 Å². The Bertz CT molecular complexity index is 293. The minimum Gasteiger partial charge on any atom is -0.352 e. The summed E-state index contributed by atoms with van der Waals surface area (Å²) >= 11 is 0. The first-order valence-electron chi connectivity index (χ1n) is 5.88. The molecule has 2 fully saturated rings. The molecule has 15 heavy (non-hydrogen) atoms. The monoisotopic (exact) mass is 206 g/mol. The molecule has 0 aliphatic heterocycles. The quantitative estimate of drug-likeness (QED) is 0.751. The highest BCUT2D eigenvalue weighted by atomic mass is 16.2. The first-order chi connectivity index (χ1) is 7.16. The first kappa shape index (κ1) is 10.5. The van der Waals surface area contributed by atoms with Crippen molar-refractivity contribution in [1.82, 2.24) is 5.32 Å². The Morgan fingerprint density at radius 1 is 1.33 bits per heavy atom. The van der Waals surface area contributed by atoms with Gasteiger partial charge in [-0.3, -0.25) is 4.79 Å². The van der Waals surface area contributed by atoms with Gasteiger partial charge in [0.1, 0.15) is 5.41 Å². The van der Waals surface area contributed by atoms with E-state index in [9.17, 15) is 4.79 Å². The van der Waals surface area contributed by atoms with Crippen LogP contribution in [0.5, 0.6) is 0 Å². The summed E-state index contributed by atoms with van der Waals surface area (Å²) in [7, 11) is 0. The predicted molar refractivity (Wildman–Crippen MR) is 56.8 cm³/mol. The maximum Gasteiger partial charge on any atom is 0.240 e. The molecule has 0 radical (unpaired) electrons. The molecule has 1 N–H and O–H groups in total.